The van der Waals surface area contributed by atoms with Gasteiger partial charge >= 0.3 is 0 Å². The van der Waals surface area contributed by atoms with E-state index in [1.165, 1.54) is 0 Å². The van der Waals surface area contributed by atoms with Crippen LogP contribution in [0.3, 0.4) is 0 Å². The van der Waals surface area contributed by atoms with Crippen molar-refractivity contribution >= 4 is 23.2 Å². The highest BCUT2D eigenvalue weighted by atomic mass is 32.1. The number of rotatable bonds is 14. The van der Waals surface area contributed by atoms with Gasteiger partial charge < -0.3 is 19.3 Å². The maximum Gasteiger partial charge on any atom is 0.242 e. The maximum atomic E-state index is 13.4. The molecule has 1 aromatic carbocycles. The van der Waals surface area contributed by atoms with Crippen LogP contribution in [0.25, 0.3) is 0 Å². The fourth-order valence-corrected chi connectivity index (χ4v) is 4.35. The summed E-state index contributed by atoms with van der Waals surface area (Å²) in [5.41, 5.74) is 1.06. The molecule has 2 amide bonds. The molecule has 7 heteroatoms. The lowest BCUT2D eigenvalue weighted by Gasteiger charge is -2.29. The molecule has 0 radical (unpaired) electrons. The first kappa shape index (κ1) is 26.7. The fraction of sp³-hybridized carbons (Fsp3) is 0.538. The number of carbonyl (C=O) groups excluding carboxylic acids is 2. The largest absolute Gasteiger partial charge is 0.493 e. The molecule has 0 aliphatic carbocycles. The van der Waals surface area contributed by atoms with Crippen molar-refractivity contribution in [1.29, 1.82) is 0 Å². The summed E-state index contributed by atoms with van der Waals surface area (Å²) in [5.74, 6) is 1.71. The number of ether oxygens (including phenoxy) is 2. The summed E-state index contributed by atoms with van der Waals surface area (Å²) in [6.07, 6.45) is 2.99. The molecule has 0 aliphatic heterocycles. The zero-order valence-electron chi connectivity index (χ0n) is 20.6. The molecule has 2 aromatic rings. The van der Waals surface area contributed by atoms with Crippen molar-refractivity contribution in [3.8, 4) is 11.5 Å². The lowest BCUT2D eigenvalue weighted by molar-refractivity contribution is -0.141. The number of methoxy groups -OCH3 is 2. The number of nitrogens with zero attached hydrogens (tertiary/aromatic N) is 2. The van der Waals surface area contributed by atoms with Gasteiger partial charge in [0.05, 0.1) is 27.3 Å². The van der Waals surface area contributed by atoms with Gasteiger partial charge in [0.2, 0.25) is 11.8 Å². The quantitative estimate of drug-likeness (QED) is 0.386. The number of benzene rings is 1. The second kappa shape index (κ2) is 13.9. The highest BCUT2D eigenvalue weighted by Gasteiger charge is 2.22. The molecule has 0 bridgehead atoms. The Kier molecular flexibility index (Phi) is 11.2. The van der Waals surface area contributed by atoms with E-state index in [0.29, 0.717) is 49.9 Å². The number of carbonyl (C=O) groups is 2. The van der Waals surface area contributed by atoms with E-state index in [0.717, 1.165) is 23.3 Å². The number of thiophene rings is 1. The van der Waals surface area contributed by atoms with Gasteiger partial charge in [0, 0.05) is 24.4 Å². The molecule has 182 valence electrons. The van der Waals surface area contributed by atoms with E-state index >= 15 is 0 Å². The van der Waals surface area contributed by atoms with Gasteiger partial charge in [-0.25, -0.2) is 0 Å². The van der Waals surface area contributed by atoms with Gasteiger partial charge in [0.1, 0.15) is 0 Å². The summed E-state index contributed by atoms with van der Waals surface area (Å²) in [6.45, 7) is 8.04. The Morgan fingerprint density at radius 3 is 2.39 bits per heavy atom. The van der Waals surface area contributed by atoms with Gasteiger partial charge in [-0.3, -0.25) is 9.59 Å². The van der Waals surface area contributed by atoms with Crippen molar-refractivity contribution in [3.05, 3.63) is 46.2 Å². The van der Waals surface area contributed by atoms with Gasteiger partial charge in [0.25, 0.3) is 0 Å². The molecule has 1 aromatic heterocycles. The average Bonchev–Trinajstić information content (AvgIpc) is 3.32. The monoisotopic (exact) mass is 474 g/mol. The van der Waals surface area contributed by atoms with Gasteiger partial charge in [0.15, 0.2) is 11.5 Å². The van der Waals surface area contributed by atoms with Crippen molar-refractivity contribution in [2.75, 3.05) is 33.9 Å². The third-order valence-corrected chi connectivity index (χ3v) is 6.27. The summed E-state index contributed by atoms with van der Waals surface area (Å²) in [5, 5.41) is 2.02. The SMILES string of the molecule is CCCCC(=O)N(CC(=O)N(CCc1ccc(OC)c(OC)c1)Cc1cccs1)CC(C)C. The third kappa shape index (κ3) is 8.72. The van der Waals surface area contributed by atoms with E-state index in [2.05, 4.69) is 20.8 Å². The average molecular weight is 475 g/mol. The van der Waals surface area contributed by atoms with Crippen LogP contribution in [0.15, 0.2) is 35.7 Å². The molecule has 33 heavy (non-hydrogen) atoms. The van der Waals surface area contributed by atoms with Gasteiger partial charge in [-0.1, -0.05) is 39.3 Å². The molecule has 0 saturated heterocycles. The van der Waals surface area contributed by atoms with E-state index in [1.54, 1.807) is 30.5 Å². The molecular formula is C26H38N2O4S. The Hall–Kier alpha value is -2.54. The summed E-state index contributed by atoms with van der Waals surface area (Å²) in [4.78, 5) is 30.9. The first-order valence-electron chi connectivity index (χ1n) is 11.7. The van der Waals surface area contributed by atoms with Crippen LogP contribution in [0, 0.1) is 5.92 Å². The first-order chi connectivity index (χ1) is 15.9. The minimum atomic E-state index is -0.0191. The highest BCUT2D eigenvalue weighted by Crippen LogP contribution is 2.28. The molecule has 0 spiro atoms. The van der Waals surface area contributed by atoms with Crippen molar-refractivity contribution in [3.63, 3.8) is 0 Å². The second-order valence-electron chi connectivity index (χ2n) is 8.61. The zero-order chi connectivity index (χ0) is 24.2. The topological polar surface area (TPSA) is 59.1 Å². The summed E-state index contributed by atoms with van der Waals surface area (Å²) in [7, 11) is 3.23. The Bertz CT molecular complexity index is 867. The van der Waals surface area contributed by atoms with Crippen molar-refractivity contribution in [2.24, 2.45) is 5.92 Å². The third-order valence-electron chi connectivity index (χ3n) is 5.41. The minimum absolute atomic E-state index is 0.0191. The number of hydrogen-bond acceptors (Lipinski definition) is 5. The number of amides is 2. The Morgan fingerprint density at radius 2 is 1.79 bits per heavy atom. The Labute approximate surface area is 202 Å². The fourth-order valence-electron chi connectivity index (χ4n) is 3.63. The van der Waals surface area contributed by atoms with E-state index in [-0.39, 0.29) is 18.4 Å². The van der Waals surface area contributed by atoms with Gasteiger partial charge in [-0.05, 0) is 47.9 Å². The Morgan fingerprint density at radius 1 is 1.03 bits per heavy atom. The van der Waals surface area contributed by atoms with Crippen LogP contribution in [-0.2, 0) is 22.6 Å². The van der Waals surface area contributed by atoms with Crippen LogP contribution in [-0.4, -0.2) is 55.5 Å². The van der Waals surface area contributed by atoms with Gasteiger partial charge in [-0.2, -0.15) is 0 Å². The standard InChI is InChI=1S/C26H38N2O4S/c1-6-7-10-25(29)28(17-20(2)3)19-26(30)27(18-22-9-8-15-33-22)14-13-21-11-12-23(31-4)24(16-21)32-5/h8-9,11-12,15-16,20H,6-7,10,13-14,17-19H2,1-5H3. The summed E-state index contributed by atoms with van der Waals surface area (Å²) >= 11 is 1.64. The van der Waals surface area contributed by atoms with Crippen LogP contribution in [0.5, 0.6) is 11.5 Å². The predicted molar refractivity (Wildman–Crippen MR) is 134 cm³/mol. The highest BCUT2D eigenvalue weighted by molar-refractivity contribution is 7.09. The first-order valence-corrected chi connectivity index (χ1v) is 12.5. The summed E-state index contributed by atoms with van der Waals surface area (Å²) < 4.78 is 10.7. The van der Waals surface area contributed by atoms with Crippen molar-refractivity contribution in [2.45, 2.75) is 53.0 Å². The molecule has 0 N–H and O–H groups in total. The van der Waals surface area contributed by atoms with Crippen LogP contribution in [0.4, 0.5) is 0 Å². The summed E-state index contributed by atoms with van der Waals surface area (Å²) in [6, 6.07) is 9.87. The minimum Gasteiger partial charge on any atom is -0.493 e. The van der Waals surface area contributed by atoms with Crippen molar-refractivity contribution in [1.82, 2.24) is 9.80 Å². The lowest BCUT2D eigenvalue weighted by Crippen LogP contribution is -2.44. The van der Waals surface area contributed by atoms with E-state index in [4.69, 9.17) is 9.47 Å². The van der Waals surface area contributed by atoms with Crippen LogP contribution >= 0.6 is 11.3 Å². The molecule has 0 unspecified atom stereocenters. The maximum absolute atomic E-state index is 13.4. The molecule has 0 atom stereocenters. The number of unbranched alkanes of at least 4 members (excludes halogenated alkanes) is 1. The van der Waals surface area contributed by atoms with Crippen LogP contribution < -0.4 is 9.47 Å². The molecule has 1 heterocycles. The zero-order valence-corrected chi connectivity index (χ0v) is 21.5. The smallest absolute Gasteiger partial charge is 0.242 e. The molecule has 0 saturated carbocycles. The van der Waals surface area contributed by atoms with Gasteiger partial charge in [-0.15, -0.1) is 11.3 Å². The molecule has 6 nitrogen and oxygen atoms in total. The molecular weight excluding hydrogens is 436 g/mol. The van der Waals surface area contributed by atoms with Crippen LogP contribution in [0.2, 0.25) is 0 Å². The molecule has 0 aliphatic rings. The molecule has 0 fully saturated rings. The van der Waals surface area contributed by atoms with E-state index in [1.807, 2.05) is 40.6 Å². The normalized spacial score (nSPS) is 10.8. The van der Waals surface area contributed by atoms with E-state index < -0.39 is 0 Å². The van der Waals surface area contributed by atoms with E-state index in [9.17, 15) is 9.59 Å². The van der Waals surface area contributed by atoms with Crippen LogP contribution in [0.1, 0.15) is 50.5 Å². The van der Waals surface area contributed by atoms with Crippen molar-refractivity contribution < 1.29 is 19.1 Å². The number of hydrogen-bond donors (Lipinski definition) is 0. The molecule has 2 rings (SSSR count). The Balaban J connectivity index is 2.14. The predicted octanol–water partition coefficient (Wildman–Crippen LogP) is 5.01. The lowest BCUT2D eigenvalue weighted by atomic mass is 10.1. The second-order valence-corrected chi connectivity index (χ2v) is 9.64.